The molecule has 0 fully saturated rings. The maximum atomic E-state index is 13.2. The lowest BCUT2D eigenvalue weighted by atomic mass is 10.0. The van der Waals surface area contributed by atoms with Gasteiger partial charge in [0.05, 0.1) is 48.4 Å². The Bertz CT molecular complexity index is 2720. The van der Waals surface area contributed by atoms with Gasteiger partial charge in [-0.3, -0.25) is 19.2 Å². The minimum absolute atomic E-state index is 0.102. The van der Waals surface area contributed by atoms with Crippen LogP contribution < -0.4 is 20.3 Å². The zero-order valence-corrected chi connectivity index (χ0v) is 29.9. The quantitative estimate of drug-likeness (QED) is 0.165. The number of ketones is 2. The molecule has 11 nitrogen and oxygen atoms in total. The number of nitrogens with zero attached hydrogens (tertiary/aromatic N) is 4. The lowest BCUT2D eigenvalue weighted by Gasteiger charge is -2.14. The summed E-state index contributed by atoms with van der Waals surface area (Å²) >= 11 is 0. The molecule has 0 amide bonds. The largest absolute Gasteiger partial charge is 0.496 e. The van der Waals surface area contributed by atoms with Crippen molar-refractivity contribution in [2.75, 3.05) is 14.2 Å². The van der Waals surface area contributed by atoms with Gasteiger partial charge in [0, 0.05) is 35.9 Å². The third-order valence-electron chi connectivity index (χ3n) is 8.72. The molecule has 5 aromatic heterocycles. The summed E-state index contributed by atoms with van der Waals surface area (Å²) < 4.78 is 51.1. The molecule has 0 aliphatic heterocycles. The van der Waals surface area contributed by atoms with Gasteiger partial charge < -0.3 is 19.0 Å². The average molecular weight is 748 g/mol. The van der Waals surface area contributed by atoms with Crippen LogP contribution in [0.25, 0.3) is 22.1 Å². The van der Waals surface area contributed by atoms with E-state index in [1.165, 1.54) is 48.5 Å². The predicted octanol–water partition coefficient (Wildman–Crippen LogP) is 6.88. The van der Waals surface area contributed by atoms with Gasteiger partial charge in [0.2, 0.25) is 10.9 Å². The van der Waals surface area contributed by atoms with E-state index in [0.717, 1.165) is 17.2 Å². The van der Waals surface area contributed by atoms with Crippen molar-refractivity contribution in [3.8, 4) is 11.5 Å². The second-order valence-electron chi connectivity index (χ2n) is 12.3. The number of aromatic nitrogens is 5. The molecule has 0 saturated heterocycles. The molecular weight excluding hydrogens is 715 g/mol. The summed E-state index contributed by atoms with van der Waals surface area (Å²) in [7, 11) is 3.09. The molecule has 0 spiro atoms. The SMILES string of the molecule is COc1ccc(C(=O)c2c[nH]c3ncccc3c2=O)cc1C.COc1ccc(C(=O)c2cn(Cc3cccc(C(F)(F)F)n3)c3ncccc3c2=O)cc1C. The number of nitrogens with one attached hydrogen (secondary N) is 1. The number of aromatic amines is 1. The molecule has 7 rings (SSSR count). The van der Waals surface area contributed by atoms with Crippen molar-refractivity contribution in [1.82, 2.24) is 24.5 Å². The van der Waals surface area contributed by atoms with Crippen LogP contribution in [-0.2, 0) is 12.7 Å². The van der Waals surface area contributed by atoms with Crippen LogP contribution in [0.4, 0.5) is 13.2 Å². The normalized spacial score (nSPS) is 11.2. The molecule has 7 aromatic rings. The molecule has 2 aromatic carbocycles. The predicted molar refractivity (Wildman–Crippen MR) is 199 cm³/mol. The van der Waals surface area contributed by atoms with E-state index in [-0.39, 0.29) is 51.2 Å². The fourth-order valence-corrected chi connectivity index (χ4v) is 5.98. The van der Waals surface area contributed by atoms with Crippen LogP contribution in [0.3, 0.4) is 0 Å². The maximum absolute atomic E-state index is 13.2. The van der Waals surface area contributed by atoms with E-state index in [1.807, 2.05) is 6.92 Å². The summed E-state index contributed by atoms with van der Waals surface area (Å²) in [5, 5.41) is 0.583. The van der Waals surface area contributed by atoms with Crippen molar-refractivity contribution in [3.63, 3.8) is 0 Å². The summed E-state index contributed by atoms with van der Waals surface area (Å²) in [6.07, 6.45) is 1.20. The first-order valence-electron chi connectivity index (χ1n) is 16.7. The van der Waals surface area contributed by atoms with Gasteiger partial charge in [0.25, 0.3) is 0 Å². The molecule has 0 unspecified atom stereocenters. The minimum Gasteiger partial charge on any atom is -0.496 e. The number of alkyl halides is 3. The zero-order valence-electron chi connectivity index (χ0n) is 29.9. The van der Waals surface area contributed by atoms with Crippen LogP contribution in [0.5, 0.6) is 11.5 Å². The van der Waals surface area contributed by atoms with Crippen molar-refractivity contribution in [3.05, 3.63) is 169 Å². The Kier molecular flexibility index (Phi) is 10.7. The zero-order chi connectivity index (χ0) is 39.4. The number of hydrogen-bond donors (Lipinski definition) is 1. The minimum atomic E-state index is -4.59. The van der Waals surface area contributed by atoms with Crippen LogP contribution >= 0.6 is 0 Å². The van der Waals surface area contributed by atoms with E-state index in [0.29, 0.717) is 28.1 Å². The molecule has 0 radical (unpaired) electrons. The highest BCUT2D eigenvalue weighted by Gasteiger charge is 2.32. The van der Waals surface area contributed by atoms with Gasteiger partial charge in [-0.1, -0.05) is 6.07 Å². The van der Waals surface area contributed by atoms with Crippen LogP contribution in [0, 0.1) is 13.8 Å². The Morgan fingerprint density at radius 1 is 0.745 bits per heavy atom. The maximum Gasteiger partial charge on any atom is 0.433 e. The average Bonchev–Trinajstić information content (AvgIpc) is 3.18. The molecule has 0 bridgehead atoms. The van der Waals surface area contributed by atoms with Gasteiger partial charge in [-0.05, 0) is 97.8 Å². The summed E-state index contributed by atoms with van der Waals surface area (Å²) in [6, 6.07) is 19.9. The Labute approximate surface area is 311 Å². The Morgan fingerprint density at radius 2 is 1.33 bits per heavy atom. The number of carbonyl (C=O) groups is 2. The van der Waals surface area contributed by atoms with E-state index in [4.69, 9.17) is 9.47 Å². The second-order valence-corrected chi connectivity index (χ2v) is 12.3. The molecule has 5 heterocycles. The number of H-pyrrole nitrogens is 1. The van der Waals surface area contributed by atoms with Crippen molar-refractivity contribution in [2.24, 2.45) is 0 Å². The molecule has 1 N–H and O–H groups in total. The molecule has 0 atom stereocenters. The van der Waals surface area contributed by atoms with Crippen LogP contribution in [-0.4, -0.2) is 50.3 Å². The standard InChI is InChI=1S/C24H18F3N3O3.C17H14N2O3/c1-14-11-15(8-9-19(14)33-2)21(31)18-13-30(23-17(22(18)32)6-4-10-28-23)12-16-5-3-7-20(29-16)24(25,26)27;1-10-8-11(5-6-14(10)22-2)15(20)13-9-19-17-12(16(13)21)4-3-7-18-17/h3-11,13H,12H2,1-2H3;3-9H,1-2H3,(H,18,19,21). The number of fused-ring (bicyclic) bond motifs is 2. The first kappa shape index (κ1) is 37.8. The van der Waals surface area contributed by atoms with Crippen molar-refractivity contribution in [2.45, 2.75) is 26.6 Å². The van der Waals surface area contributed by atoms with Crippen molar-refractivity contribution in [1.29, 1.82) is 0 Å². The summed E-state index contributed by atoms with van der Waals surface area (Å²) in [5.41, 5.74) is 1.25. The number of carbonyl (C=O) groups excluding carboxylic acids is 2. The number of benzene rings is 2. The van der Waals surface area contributed by atoms with E-state index in [2.05, 4.69) is 19.9 Å². The topological polar surface area (TPSA) is 146 Å². The number of ether oxygens (including phenoxy) is 2. The number of methoxy groups -OCH3 is 2. The molecule has 278 valence electrons. The highest BCUT2D eigenvalue weighted by atomic mass is 19.4. The smallest absolute Gasteiger partial charge is 0.433 e. The van der Waals surface area contributed by atoms with Gasteiger partial charge in [0.1, 0.15) is 28.5 Å². The van der Waals surface area contributed by atoms with Crippen molar-refractivity contribution >= 4 is 33.6 Å². The monoisotopic (exact) mass is 747 g/mol. The van der Waals surface area contributed by atoms with Gasteiger partial charge in [0.15, 0.2) is 11.6 Å². The second kappa shape index (κ2) is 15.6. The fraction of sp³-hybridized carbons (Fsp3) is 0.146. The molecule has 0 saturated carbocycles. The first-order chi connectivity index (χ1) is 26.3. The van der Waals surface area contributed by atoms with E-state index in [9.17, 15) is 32.3 Å². The molecule has 55 heavy (non-hydrogen) atoms. The third-order valence-corrected chi connectivity index (χ3v) is 8.72. The Morgan fingerprint density at radius 3 is 1.93 bits per heavy atom. The lowest BCUT2D eigenvalue weighted by Crippen LogP contribution is -2.21. The number of pyridine rings is 5. The van der Waals surface area contributed by atoms with Crippen LogP contribution in [0.1, 0.15) is 54.4 Å². The van der Waals surface area contributed by atoms with Gasteiger partial charge in [-0.15, -0.1) is 0 Å². The summed E-state index contributed by atoms with van der Waals surface area (Å²) in [4.78, 5) is 66.2. The first-order valence-corrected chi connectivity index (χ1v) is 16.7. The van der Waals surface area contributed by atoms with Crippen LogP contribution in [0.15, 0.2) is 113 Å². The fourth-order valence-electron chi connectivity index (χ4n) is 5.98. The highest BCUT2D eigenvalue weighted by molar-refractivity contribution is 6.11. The molecule has 0 aliphatic carbocycles. The number of hydrogen-bond acceptors (Lipinski definition) is 9. The van der Waals surface area contributed by atoms with Gasteiger partial charge in [-0.25, -0.2) is 15.0 Å². The van der Waals surface area contributed by atoms with E-state index < -0.39 is 23.1 Å². The Balaban J connectivity index is 0.000000203. The number of aryl methyl sites for hydroxylation is 2. The highest BCUT2D eigenvalue weighted by Crippen LogP contribution is 2.28. The molecule has 14 heteroatoms. The van der Waals surface area contributed by atoms with Crippen LogP contribution in [0.2, 0.25) is 0 Å². The summed E-state index contributed by atoms with van der Waals surface area (Å²) in [6.45, 7) is 3.52. The van der Waals surface area contributed by atoms with Crippen molar-refractivity contribution < 1.29 is 32.2 Å². The van der Waals surface area contributed by atoms with E-state index >= 15 is 0 Å². The number of halogens is 3. The lowest BCUT2D eigenvalue weighted by molar-refractivity contribution is -0.141. The van der Waals surface area contributed by atoms with Gasteiger partial charge >= 0.3 is 6.18 Å². The molecular formula is C41H32F3N5O6. The van der Waals surface area contributed by atoms with E-state index in [1.54, 1.807) is 74.8 Å². The summed E-state index contributed by atoms with van der Waals surface area (Å²) in [5.74, 6) is 0.468. The van der Waals surface area contributed by atoms with Gasteiger partial charge in [-0.2, -0.15) is 13.2 Å². The third kappa shape index (κ3) is 7.88. The number of rotatable bonds is 8. The Hall–Kier alpha value is -6.96. The molecule has 0 aliphatic rings.